The zero-order valence-corrected chi connectivity index (χ0v) is 12.3. The van der Waals surface area contributed by atoms with E-state index >= 15 is 0 Å². The number of pyridine rings is 1. The van der Waals surface area contributed by atoms with Gasteiger partial charge in [0.2, 0.25) is 0 Å². The minimum absolute atomic E-state index is 0.0000208. The van der Waals surface area contributed by atoms with Crippen LogP contribution in [0.2, 0.25) is 4.34 Å². The first kappa shape index (κ1) is 13.1. The standard InChI is InChI=1S/C13H10ClN3O2S/c1-6-11-7(9-3-4-10(14)20-9)5-8(13(18)19)15-12(11)17(2)16-6/h3-5H,1-2H3,(H,18,19). The molecule has 7 heteroatoms. The molecule has 0 unspecified atom stereocenters. The van der Waals surface area contributed by atoms with Crippen molar-refractivity contribution in [2.24, 2.45) is 7.05 Å². The van der Waals surface area contributed by atoms with Crippen molar-refractivity contribution in [1.29, 1.82) is 0 Å². The van der Waals surface area contributed by atoms with Crippen LogP contribution >= 0.6 is 22.9 Å². The van der Waals surface area contributed by atoms with E-state index in [9.17, 15) is 9.90 Å². The first-order valence-corrected chi connectivity index (χ1v) is 7.00. The summed E-state index contributed by atoms with van der Waals surface area (Å²) in [6.45, 7) is 1.88. The second-order valence-electron chi connectivity index (χ2n) is 4.37. The maximum Gasteiger partial charge on any atom is 0.354 e. The Morgan fingerprint density at radius 2 is 2.20 bits per heavy atom. The fourth-order valence-corrected chi connectivity index (χ4v) is 3.27. The summed E-state index contributed by atoms with van der Waals surface area (Å²) in [4.78, 5) is 16.3. The molecule has 20 heavy (non-hydrogen) atoms. The number of aromatic nitrogens is 3. The van der Waals surface area contributed by atoms with E-state index in [4.69, 9.17) is 11.6 Å². The van der Waals surface area contributed by atoms with Crippen LogP contribution < -0.4 is 0 Å². The van der Waals surface area contributed by atoms with E-state index in [1.165, 1.54) is 11.3 Å². The SMILES string of the molecule is Cc1nn(C)c2nc(C(=O)O)cc(-c3ccc(Cl)s3)c12. The molecule has 0 atom stereocenters. The lowest BCUT2D eigenvalue weighted by Crippen LogP contribution is -2.02. The average Bonchev–Trinajstić information content (AvgIpc) is 2.94. The van der Waals surface area contributed by atoms with Gasteiger partial charge in [0.15, 0.2) is 11.3 Å². The molecule has 0 radical (unpaired) electrons. The van der Waals surface area contributed by atoms with Gasteiger partial charge in [-0.1, -0.05) is 11.6 Å². The van der Waals surface area contributed by atoms with Crippen molar-refractivity contribution < 1.29 is 9.90 Å². The third-order valence-corrected chi connectivity index (χ3v) is 4.29. The van der Waals surface area contributed by atoms with Crippen molar-refractivity contribution in [3.8, 4) is 10.4 Å². The molecule has 0 spiro atoms. The van der Waals surface area contributed by atoms with Gasteiger partial charge in [0.25, 0.3) is 0 Å². The third kappa shape index (κ3) is 1.97. The second kappa shape index (κ2) is 4.57. The summed E-state index contributed by atoms with van der Waals surface area (Å²) in [5, 5.41) is 14.4. The first-order valence-electron chi connectivity index (χ1n) is 5.80. The Morgan fingerprint density at radius 1 is 1.45 bits per heavy atom. The number of carboxylic acids is 1. The van der Waals surface area contributed by atoms with E-state index < -0.39 is 5.97 Å². The molecule has 0 saturated heterocycles. The number of aromatic carboxylic acids is 1. The highest BCUT2D eigenvalue weighted by Crippen LogP contribution is 2.36. The zero-order valence-electron chi connectivity index (χ0n) is 10.7. The van der Waals surface area contributed by atoms with Crippen LogP contribution in [0.3, 0.4) is 0 Å². The number of thiophene rings is 1. The van der Waals surface area contributed by atoms with Crippen LogP contribution in [0.25, 0.3) is 21.5 Å². The molecule has 5 nitrogen and oxygen atoms in total. The quantitative estimate of drug-likeness (QED) is 0.788. The molecule has 0 amide bonds. The van der Waals surface area contributed by atoms with Gasteiger partial charge in [-0.3, -0.25) is 4.68 Å². The monoisotopic (exact) mass is 307 g/mol. The molecule has 3 heterocycles. The average molecular weight is 308 g/mol. The summed E-state index contributed by atoms with van der Waals surface area (Å²) in [6, 6.07) is 5.24. The van der Waals surface area contributed by atoms with Gasteiger partial charge in [0.05, 0.1) is 15.4 Å². The van der Waals surface area contributed by atoms with E-state index in [1.54, 1.807) is 23.9 Å². The summed E-state index contributed by atoms with van der Waals surface area (Å²) in [6.07, 6.45) is 0. The van der Waals surface area contributed by atoms with E-state index in [-0.39, 0.29) is 5.69 Å². The normalized spacial score (nSPS) is 11.2. The Morgan fingerprint density at radius 3 is 2.80 bits per heavy atom. The van der Waals surface area contributed by atoms with Crippen molar-refractivity contribution in [2.75, 3.05) is 0 Å². The Kier molecular flexibility index (Phi) is 2.99. The number of aryl methyl sites for hydroxylation is 2. The Bertz CT molecular complexity index is 838. The lowest BCUT2D eigenvalue weighted by Gasteiger charge is -2.04. The Hall–Kier alpha value is -1.92. The van der Waals surface area contributed by atoms with Crippen LogP contribution in [0.4, 0.5) is 0 Å². The minimum Gasteiger partial charge on any atom is -0.477 e. The van der Waals surface area contributed by atoms with Crippen molar-refractivity contribution >= 4 is 39.9 Å². The first-order chi connectivity index (χ1) is 9.47. The molecule has 0 aliphatic rings. The fourth-order valence-electron chi connectivity index (χ4n) is 2.21. The molecule has 3 aromatic heterocycles. The summed E-state index contributed by atoms with van der Waals surface area (Å²) in [5.74, 6) is -1.06. The number of halogens is 1. The molecule has 3 rings (SSSR count). The van der Waals surface area contributed by atoms with Gasteiger partial charge in [-0.25, -0.2) is 9.78 Å². The molecule has 0 saturated carbocycles. The van der Waals surface area contributed by atoms with Crippen LogP contribution in [0.15, 0.2) is 18.2 Å². The topological polar surface area (TPSA) is 68.0 Å². The molecule has 3 aromatic rings. The molecule has 1 N–H and O–H groups in total. The van der Waals surface area contributed by atoms with Gasteiger partial charge >= 0.3 is 5.97 Å². The second-order valence-corrected chi connectivity index (χ2v) is 6.09. The van der Waals surface area contributed by atoms with Crippen molar-refractivity contribution in [3.63, 3.8) is 0 Å². The van der Waals surface area contributed by atoms with E-state index in [0.717, 1.165) is 21.5 Å². The lowest BCUT2D eigenvalue weighted by molar-refractivity contribution is 0.0691. The van der Waals surface area contributed by atoms with Gasteiger partial charge in [-0.15, -0.1) is 11.3 Å². The maximum absolute atomic E-state index is 11.2. The molecule has 0 aliphatic carbocycles. The van der Waals surface area contributed by atoms with Crippen molar-refractivity contribution in [1.82, 2.24) is 14.8 Å². The molecule has 0 fully saturated rings. The maximum atomic E-state index is 11.2. The lowest BCUT2D eigenvalue weighted by atomic mass is 10.1. The number of nitrogens with zero attached hydrogens (tertiary/aromatic N) is 3. The Labute approximate surface area is 123 Å². The fraction of sp³-hybridized carbons (Fsp3) is 0.154. The molecule has 0 aromatic carbocycles. The highest BCUT2D eigenvalue weighted by atomic mass is 35.5. The summed E-state index contributed by atoms with van der Waals surface area (Å²) >= 11 is 7.38. The van der Waals surface area contributed by atoms with E-state index in [2.05, 4.69) is 10.1 Å². The van der Waals surface area contributed by atoms with Gasteiger partial charge in [0, 0.05) is 17.5 Å². The highest BCUT2D eigenvalue weighted by Gasteiger charge is 2.18. The van der Waals surface area contributed by atoms with Crippen molar-refractivity contribution in [3.05, 3.63) is 33.9 Å². The van der Waals surface area contributed by atoms with Gasteiger partial charge < -0.3 is 5.11 Å². The van der Waals surface area contributed by atoms with Gasteiger partial charge in [-0.2, -0.15) is 5.10 Å². The number of fused-ring (bicyclic) bond motifs is 1. The molecule has 102 valence electrons. The smallest absolute Gasteiger partial charge is 0.354 e. The minimum atomic E-state index is -1.06. The van der Waals surface area contributed by atoms with Crippen LogP contribution in [0.5, 0.6) is 0 Å². The summed E-state index contributed by atoms with van der Waals surface area (Å²) in [7, 11) is 1.75. The largest absolute Gasteiger partial charge is 0.477 e. The molecular formula is C13H10ClN3O2S. The van der Waals surface area contributed by atoms with Gasteiger partial charge in [-0.05, 0) is 25.1 Å². The number of carbonyl (C=O) groups is 1. The molecule has 0 bridgehead atoms. The molecular weight excluding hydrogens is 298 g/mol. The van der Waals surface area contributed by atoms with E-state index in [0.29, 0.717) is 9.98 Å². The highest BCUT2D eigenvalue weighted by molar-refractivity contribution is 7.19. The van der Waals surface area contributed by atoms with Gasteiger partial charge in [0.1, 0.15) is 0 Å². The number of hydrogen-bond donors (Lipinski definition) is 1. The van der Waals surface area contributed by atoms with Crippen LogP contribution in [-0.4, -0.2) is 25.8 Å². The third-order valence-electron chi connectivity index (χ3n) is 3.03. The van der Waals surface area contributed by atoms with Crippen LogP contribution in [-0.2, 0) is 7.05 Å². The van der Waals surface area contributed by atoms with Crippen molar-refractivity contribution in [2.45, 2.75) is 6.92 Å². The van der Waals surface area contributed by atoms with E-state index in [1.807, 2.05) is 13.0 Å². The van der Waals surface area contributed by atoms with Crippen LogP contribution in [0, 0.1) is 6.92 Å². The predicted octanol–water partition coefficient (Wildman–Crippen LogP) is 3.36. The number of hydrogen-bond acceptors (Lipinski definition) is 4. The number of carboxylic acid groups (broad SMARTS) is 1. The Balaban J connectivity index is 2.41. The predicted molar refractivity (Wildman–Crippen MR) is 78.5 cm³/mol. The number of rotatable bonds is 2. The summed E-state index contributed by atoms with van der Waals surface area (Å²) in [5.41, 5.74) is 2.17. The molecule has 0 aliphatic heterocycles. The zero-order chi connectivity index (χ0) is 14.4. The van der Waals surface area contributed by atoms with Crippen LogP contribution in [0.1, 0.15) is 16.2 Å². The summed E-state index contributed by atoms with van der Waals surface area (Å²) < 4.78 is 2.25.